The van der Waals surface area contributed by atoms with Crippen molar-refractivity contribution in [2.75, 3.05) is 36.8 Å². The Balaban J connectivity index is 1.32. The van der Waals surface area contributed by atoms with Gasteiger partial charge in [0.25, 0.3) is 5.91 Å². The molecule has 1 atom stereocenters. The van der Waals surface area contributed by atoms with Crippen LogP contribution in [0.25, 0.3) is 10.3 Å². The molecule has 0 saturated carbocycles. The average Bonchev–Trinajstić information content (AvgIpc) is 3.09. The van der Waals surface area contributed by atoms with Crippen LogP contribution in [0.1, 0.15) is 32.9 Å². The number of nitrogens with one attached hydrogen (secondary N) is 2. The number of piperazine rings is 1. The Labute approximate surface area is 183 Å². The zero-order valence-electron chi connectivity index (χ0n) is 17.4. The van der Waals surface area contributed by atoms with E-state index in [-0.39, 0.29) is 17.8 Å². The summed E-state index contributed by atoms with van der Waals surface area (Å²) in [6.45, 7) is 5.23. The monoisotopic (exact) mass is 440 g/mol. The van der Waals surface area contributed by atoms with Crippen molar-refractivity contribution in [1.82, 2.24) is 20.6 Å². The van der Waals surface area contributed by atoms with Gasteiger partial charge in [0, 0.05) is 38.4 Å². The Kier molecular flexibility index (Phi) is 5.23. The van der Waals surface area contributed by atoms with Crippen LogP contribution in [0.2, 0.25) is 0 Å². The Hall–Kier alpha value is -2.78. The van der Waals surface area contributed by atoms with Crippen LogP contribution >= 0.6 is 11.3 Å². The number of hydrogen-bond acceptors (Lipinski definition) is 7. The number of fused-ring (bicyclic) bond motifs is 2. The number of aryl methyl sites for hydroxylation is 2. The number of amides is 1. The summed E-state index contributed by atoms with van der Waals surface area (Å²) in [4.78, 5) is 24.8. The summed E-state index contributed by atoms with van der Waals surface area (Å²) in [6.07, 6.45) is 3.88. The van der Waals surface area contributed by atoms with E-state index in [0.29, 0.717) is 33.0 Å². The standard InChI is InChI=1S/C22H25FN6OS/c1-12-11-26-19-18(24)20(31-22(19)27-12)21(30)28-15-3-2-13-10-17(16(23)9-14(13)8-15)29-6-4-25-5-7-29/h9-11,15,25H,2-8,24H2,1H3,(H,28,30)/t15-/m1/s1. The van der Waals surface area contributed by atoms with Gasteiger partial charge >= 0.3 is 0 Å². The third-order valence-electron chi connectivity index (χ3n) is 6.06. The number of nitrogens with zero attached hydrogens (tertiary/aromatic N) is 3. The molecule has 7 nitrogen and oxygen atoms in total. The molecule has 2 aliphatic rings. The summed E-state index contributed by atoms with van der Waals surface area (Å²) in [7, 11) is 0. The molecule has 1 aliphatic heterocycles. The van der Waals surface area contributed by atoms with Crippen molar-refractivity contribution in [2.24, 2.45) is 0 Å². The van der Waals surface area contributed by atoms with E-state index >= 15 is 0 Å². The number of nitrogens with two attached hydrogens (primary N) is 1. The van der Waals surface area contributed by atoms with Gasteiger partial charge in [-0.05, 0) is 49.4 Å². The third kappa shape index (κ3) is 3.83. The van der Waals surface area contributed by atoms with Gasteiger partial charge in [0.05, 0.1) is 17.1 Å². The first kappa shape index (κ1) is 20.1. The molecule has 5 rings (SSSR count). The Bertz CT molecular complexity index is 1160. The van der Waals surface area contributed by atoms with Crippen molar-refractivity contribution in [3.8, 4) is 0 Å². The van der Waals surface area contributed by atoms with E-state index in [4.69, 9.17) is 5.73 Å². The molecule has 1 saturated heterocycles. The molecular weight excluding hydrogens is 415 g/mol. The number of benzene rings is 1. The van der Waals surface area contributed by atoms with Crippen LogP contribution in [-0.2, 0) is 12.8 Å². The first-order valence-electron chi connectivity index (χ1n) is 10.6. The second kappa shape index (κ2) is 8.05. The molecular formula is C22H25FN6OS. The minimum absolute atomic E-state index is 0.0586. The van der Waals surface area contributed by atoms with Crippen LogP contribution in [0.5, 0.6) is 0 Å². The molecule has 2 aromatic heterocycles. The van der Waals surface area contributed by atoms with Gasteiger partial charge in [0.15, 0.2) is 0 Å². The van der Waals surface area contributed by atoms with E-state index < -0.39 is 0 Å². The van der Waals surface area contributed by atoms with E-state index in [1.54, 1.807) is 12.3 Å². The number of carbonyl (C=O) groups is 1. The number of halogens is 1. The lowest BCUT2D eigenvalue weighted by Crippen LogP contribution is -2.44. The second-order valence-corrected chi connectivity index (χ2v) is 9.23. The van der Waals surface area contributed by atoms with Crippen LogP contribution in [0.15, 0.2) is 18.3 Å². The van der Waals surface area contributed by atoms with E-state index in [0.717, 1.165) is 50.3 Å². The summed E-state index contributed by atoms with van der Waals surface area (Å²) in [6, 6.07) is 3.59. The number of rotatable bonds is 3. The van der Waals surface area contributed by atoms with Gasteiger partial charge in [0.1, 0.15) is 21.0 Å². The van der Waals surface area contributed by atoms with Gasteiger partial charge < -0.3 is 21.3 Å². The van der Waals surface area contributed by atoms with E-state index in [1.807, 2.05) is 13.0 Å². The van der Waals surface area contributed by atoms with Crippen LogP contribution in [-0.4, -0.2) is 48.1 Å². The summed E-state index contributed by atoms with van der Waals surface area (Å²) in [5, 5.41) is 6.38. The summed E-state index contributed by atoms with van der Waals surface area (Å²) in [5.74, 6) is -0.403. The molecule has 0 spiro atoms. The lowest BCUT2D eigenvalue weighted by Gasteiger charge is -2.32. The summed E-state index contributed by atoms with van der Waals surface area (Å²) >= 11 is 1.26. The predicted octanol–water partition coefficient (Wildman–Crippen LogP) is 2.42. The Morgan fingerprint density at radius 1 is 1.32 bits per heavy atom. The maximum absolute atomic E-state index is 14.8. The summed E-state index contributed by atoms with van der Waals surface area (Å²) in [5.41, 5.74) is 10.7. The van der Waals surface area contributed by atoms with Crippen molar-refractivity contribution in [2.45, 2.75) is 32.2 Å². The zero-order valence-corrected chi connectivity index (χ0v) is 18.2. The fourth-order valence-electron chi connectivity index (χ4n) is 4.43. The first-order chi connectivity index (χ1) is 15.0. The topological polar surface area (TPSA) is 96.2 Å². The van der Waals surface area contributed by atoms with Gasteiger partial charge in [-0.25, -0.2) is 14.4 Å². The van der Waals surface area contributed by atoms with Gasteiger partial charge in [-0.2, -0.15) is 0 Å². The fourth-order valence-corrected chi connectivity index (χ4v) is 5.43. The van der Waals surface area contributed by atoms with Crippen molar-refractivity contribution >= 4 is 39.0 Å². The molecule has 0 bridgehead atoms. The quantitative estimate of drug-likeness (QED) is 0.579. The number of carbonyl (C=O) groups excluding carboxylic acids is 1. The highest BCUT2D eigenvalue weighted by Gasteiger charge is 2.26. The van der Waals surface area contributed by atoms with Crippen molar-refractivity contribution in [3.63, 3.8) is 0 Å². The number of hydrogen-bond donors (Lipinski definition) is 3. The van der Waals surface area contributed by atoms with E-state index in [9.17, 15) is 9.18 Å². The van der Waals surface area contributed by atoms with Gasteiger partial charge in [-0.15, -0.1) is 11.3 Å². The second-order valence-electron chi connectivity index (χ2n) is 8.23. The average molecular weight is 441 g/mol. The predicted molar refractivity (Wildman–Crippen MR) is 121 cm³/mol. The maximum Gasteiger partial charge on any atom is 0.263 e. The molecule has 1 aliphatic carbocycles. The molecule has 1 fully saturated rings. The number of anilines is 2. The molecule has 9 heteroatoms. The van der Waals surface area contributed by atoms with Crippen LogP contribution in [0.3, 0.4) is 0 Å². The molecule has 3 heterocycles. The number of nitrogen functional groups attached to an aromatic ring is 1. The van der Waals surface area contributed by atoms with Gasteiger partial charge in [0.2, 0.25) is 0 Å². The smallest absolute Gasteiger partial charge is 0.263 e. The van der Waals surface area contributed by atoms with Crippen molar-refractivity contribution < 1.29 is 9.18 Å². The lowest BCUT2D eigenvalue weighted by atomic mass is 9.87. The minimum Gasteiger partial charge on any atom is -0.396 e. The molecule has 3 aromatic rings. The zero-order chi connectivity index (χ0) is 21.5. The molecule has 0 unspecified atom stereocenters. The molecule has 4 N–H and O–H groups in total. The lowest BCUT2D eigenvalue weighted by molar-refractivity contribution is 0.0938. The van der Waals surface area contributed by atoms with E-state index in [2.05, 4.69) is 25.5 Å². The largest absolute Gasteiger partial charge is 0.396 e. The Morgan fingerprint density at radius 3 is 2.94 bits per heavy atom. The van der Waals surface area contributed by atoms with Crippen LogP contribution < -0.4 is 21.3 Å². The van der Waals surface area contributed by atoms with E-state index in [1.165, 1.54) is 16.9 Å². The molecule has 1 aromatic carbocycles. The van der Waals surface area contributed by atoms with Gasteiger partial charge in [-0.3, -0.25) is 4.79 Å². The number of thiophene rings is 1. The number of aromatic nitrogens is 2. The maximum atomic E-state index is 14.8. The SMILES string of the molecule is Cc1cnc2c(N)c(C(=O)N[C@@H]3CCc4cc(N5CCNCC5)c(F)cc4C3)sc2n1. The Morgan fingerprint density at radius 2 is 2.13 bits per heavy atom. The highest BCUT2D eigenvalue weighted by atomic mass is 32.1. The molecule has 162 valence electrons. The van der Waals surface area contributed by atoms with Crippen molar-refractivity contribution in [3.05, 3.63) is 45.8 Å². The molecule has 31 heavy (non-hydrogen) atoms. The molecule has 1 amide bonds. The first-order valence-corrected chi connectivity index (χ1v) is 11.4. The third-order valence-corrected chi connectivity index (χ3v) is 7.14. The highest BCUT2D eigenvalue weighted by Crippen LogP contribution is 2.32. The van der Waals surface area contributed by atoms with Crippen molar-refractivity contribution in [1.29, 1.82) is 0 Å². The normalized spacial score (nSPS) is 18.8. The van der Waals surface area contributed by atoms with Crippen LogP contribution in [0.4, 0.5) is 15.8 Å². The minimum atomic E-state index is -0.216. The fraction of sp³-hybridized carbons (Fsp3) is 0.409. The van der Waals surface area contributed by atoms with Crippen LogP contribution in [0, 0.1) is 12.7 Å². The molecule has 0 radical (unpaired) electrons. The van der Waals surface area contributed by atoms with Gasteiger partial charge in [-0.1, -0.05) is 0 Å². The summed E-state index contributed by atoms with van der Waals surface area (Å²) < 4.78 is 14.8. The highest BCUT2D eigenvalue weighted by molar-refractivity contribution is 7.21.